The highest BCUT2D eigenvalue weighted by atomic mass is 35.5. The summed E-state index contributed by atoms with van der Waals surface area (Å²) in [6, 6.07) is 7.28. The molecule has 1 fully saturated rings. The van der Waals surface area contributed by atoms with Gasteiger partial charge in [-0.25, -0.2) is 0 Å². The van der Waals surface area contributed by atoms with Crippen molar-refractivity contribution in [2.24, 2.45) is 0 Å². The van der Waals surface area contributed by atoms with Crippen LogP contribution in [0.15, 0.2) is 24.3 Å². The number of β-amino-alcohol motifs (C(OH)–C–C–N with tert-alkyl or cyclic N) is 1. The van der Waals surface area contributed by atoms with Crippen molar-refractivity contribution in [1.29, 1.82) is 0 Å². The first-order valence-electron chi connectivity index (χ1n) is 5.44. The zero-order valence-electron chi connectivity index (χ0n) is 9.27. The van der Waals surface area contributed by atoms with E-state index < -0.39 is 6.10 Å². The molecule has 0 aliphatic carbocycles. The van der Waals surface area contributed by atoms with E-state index in [1.165, 1.54) is 0 Å². The van der Waals surface area contributed by atoms with Crippen LogP contribution in [0, 0.1) is 0 Å². The van der Waals surface area contributed by atoms with Crippen molar-refractivity contribution >= 4 is 11.6 Å². The molecule has 0 amide bonds. The Balaban J connectivity index is 1.99. The third kappa shape index (κ3) is 2.88. The molecule has 1 aliphatic heterocycles. The van der Waals surface area contributed by atoms with Crippen LogP contribution in [-0.4, -0.2) is 42.4 Å². The highest BCUT2D eigenvalue weighted by Gasteiger charge is 2.27. The van der Waals surface area contributed by atoms with Gasteiger partial charge in [0.1, 0.15) is 18.0 Å². The first kappa shape index (κ1) is 11.7. The normalized spacial score (nSPS) is 26.7. The van der Waals surface area contributed by atoms with Crippen LogP contribution in [0.25, 0.3) is 0 Å². The highest BCUT2D eigenvalue weighted by Crippen LogP contribution is 2.21. The van der Waals surface area contributed by atoms with Gasteiger partial charge in [-0.2, -0.15) is 0 Å². The van der Waals surface area contributed by atoms with Crippen molar-refractivity contribution < 1.29 is 9.84 Å². The van der Waals surface area contributed by atoms with E-state index in [0.29, 0.717) is 11.6 Å². The molecule has 0 saturated carbocycles. The SMILES string of the molecule is CN1CC[C@H](Oc2cccc(Cl)c2)[C@H](O)C1. The highest BCUT2D eigenvalue weighted by molar-refractivity contribution is 6.30. The number of benzene rings is 1. The Kier molecular flexibility index (Phi) is 3.69. The summed E-state index contributed by atoms with van der Waals surface area (Å²) in [7, 11) is 2.00. The summed E-state index contributed by atoms with van der Waals surface area (Å²) in [5.41, 5.74) is 0. The van der Waals surface area contributed by atoms with E-state index in [1.807, 2.05) is 19.2 Å². The summed E-state index contributed by atoms with van der Waals surface area (Å²) in [6.07, 6.45) is 0.275. The Labute approximate surface area is 101 Å². The third-order valence-corrected chi connectivity index (χ3v) is 3.04. The van der Waals surface area contributed by atoms with E-state index in [1.54, 1.807) is 12.1 Å². The Morgan fingerprint density at radius 2 is 2.31 bits per heavy atom. The van der Waals surface area contributed by atoms with Crippen molar-refractivity contribution in [3.63, 3.8) is 0 Å². The molecule has 1 saturated heterocycles. The average Bonchev–Trinajstić information content (AvgIpc) is 2.22. The fraction of sp³-hybridized carbons (Fsp3) is 0.500. The van der Waals surface area contributed by atoms with Crippen molar-refractivity contribution in [3.8, 4) is 5.75 Å². The molecule has 1 aliphatic rings. The van der Waals surface area contributed by atoms with Crippen LogP contribution in [0.2, 0.25) is 5.02 Å². The van der Waals surface area contributed by atoms with Crippen molar-refractivity contribution in [2.75, 3.05) is 20.1 Å². The van der Waals surface area contributed by atoms with E-state index in [2.05, 4.69) is 4.90 Å². The van der Waals surface area contributed by atoms with Gasteiger partial charge in [0.25, 0.3) is 0 Å². The molecule has 1 aromatic rings. The number of hydrogen-bond donors (Lipinski definition) is 1. The average molecular weight is 242 g/mol. The van der Waals surface area contributed by atoms with Crippen LogP contribution in [0.1, 0.15) is 6.42 Å². The number of piperidine rings is 1. The van der Waals surface area contributed by atoms with Crippen molar-refractivity contribution in [1.82, 2.24) is 4.90 Å². The number of likely N-dealkylation sites (tertiary alicyclic amines) is 1. The van der Waals surface area contributed by atoms with Gasteiger partial charge in [-0.15, -0.1) is 0 Å². The molecule has 1 heterocycles. The lowest BCUT2D eigenvalue weighted by molar-refractivity contribution is -0.0181. The number of aliphatic hydroxyl groups excluding tert-OH is 1. The van der Waals surface area contributed by atoms with Gasteiger partial charge >= 0.3 is 0 Å². The molecule has 16 heavy (non-hydrogen) atoms. The lowest BCUT2D eigenvalue weighted by Gasteiger charge is -2.33. The predicted molar refractivity (Wildman–Crippen MR) is 64.0 cm³/mol. The van der Waals surface area contributed by atoms with Crippen molar-refractivity contribution in [2.45, 2.75) is 18.6 Å². The van der Waals surface area contributed by atoms with Gasteiger partial charge in [-0.1, -0.05) is 17.7 Å². The summed E-state index contributed by atoms with van der Waals surface area (Å²) in [4.78, 5) is 2.10. The Morgan fingerprint density at radius 3 is 3.00 bits per heavy atom. The third-order valence-electron chi connectivity index (χ3n) is 2.81. The van der Waals surface area contributed by atoms with Gasteiger partial charge in [-0.3, -0.25) is 0 Å². The Hall–Kier alpha value is -0.770. The standard InChI is InChI=1S/C12H16ClNO2/c1-14-6-5-12(11(15)8-14)16-10-4-2-3-9(13)7-10/h2-4,7,11-12,15H,5-6,8H2,1H3/t11-,12+/m1/s1. The number of likely N-dealkylation sites (N-methyl/N-ethyl adjacent to an activating group) is 1. The zero-order valence-corrected chi connectivity index (χ0v) is 10.0. The molecular formula is C12H16ClNO2. The maximum Gasteiger partial charge on any atom is 0.127 e. The topological polar surface area (TPSA) is 32.7 Å². The van der Waals surface area contributed by atoms with E-state index in [0.717, 1.165) is 18.7 Å². The quantitative estimate of drug-likeness (QED) is 0.857. The van der Waals surface area contributed by atoms with Crippen LogP contribution in [-0.2, 0) is 0 Å². The van der Waals surface area contributed by atoms with Gasteiger partial charge < -0.3 is 14.7 Å². The molecular weight excluding hydrogens is 226 g/mol. The number of halogens is 1. The molecule has 88 valence electrons. The molecule has 0 spiro atoms. The van der Waals surface area contributed by atoms with Gasteiger partial charge in [0.2, 0.25) is 0 Å². The molecule has 0 radical (unpaired) electrons. The summed E-state index contributed by atoms with van der Waals surface area (Å²) in [6.45, 7) is 1.60. The van der Waals surface area contributed by atoms with Crippen molar-refractivity contribution in [3.05, 3.63) is 29.3 Å². The zero-order chi connectivity index (χ0) is 11.5. The van der Waals surface area contributed by atoms with Crippen LogP contribution in [0.4, 0.5) is 0 Å². The number of hydrogen-bond acceptors (Lipinski definition) is 3. The molecule has 3 nitrogen and oxygen atoms in total. The summed E-state index contributed by atoms with van der Waals surface area (Å²) < 4.78 is 5.74. The first-order valence-corrected chi connectivity index (χ1v) is 5.82. The van der Waals surface area contributed by atoms with E-state index in [-0.39, 0.29) is 6.10 Å². The molecule has 0 unspecified atom stereocenters. The number of nitrogens with zero attached hydrogens (tertiary/aromatic N) is 1. The monoisotopic (exact) mass is 241 g/mol. The minimum absolute atomic E-state index is 0.130. The number of ether oxygens (including phenoxy) is 1. The summed E-state index contributed by atoms with van der Waals surface area (Å²) >= 11 is 5.87. The lowest BCUT2D eigenvalue weighted by atomic mass is 10.1. The van der Waals surface area contributed by atoms with Gasteiger partial charge in [0.05, 0.1) is 0 Å². The van der Waals surface area contributed by atoms with Crippen LogP contribution in [0.5, 0.6) is 5.75 Å². The van der Waals surface area contributed by atoms with E-state index >= 15 is 0 Å². The maximum atomic E-state index is 9.87. The van der Waals surface area contributed by atoms with Crippen LogP contribution >= 0.6 is 11.6 Å². The molecule has 2 rings (SSSR count). The predicted octanol–water partition coefficient (Wildman–Crippen LogP) is 1.78. The Bertz CT molecular complexity index is 359. The lowest BCUT2D eigenvalue weighted by Crippen LogP contribution is -2.47. The molecule has 1 aromatic carbocycles. The molecule has 1 N–H and O–H groups in total. The number of rotatable bonds is 2. The maximum absolute atomic E-state index is 9.87. The number of aliphatic hydroxyl groups is 1. The molecule has 0 bridgehead atoms. The van der Waals surface area contributed by atoms with Crippen LogP contribution < -0.4 is 4.74 Å². The van der Waals surface area contributed by atoms with Crippen LogP contribution in [0.3, 0.4) is 0 Å². The second-order valence-corrected chi connectivity index (χ2v) is 4.67. The summed E-state index contributed by atoms with van der Waals surface area (Å²) in [5.74, 6) is 0.723. The van der Waals surface area contributed by atoms with Gasteiger partial charge in [-0.05, 0) is 31.7 Å². The first-order chi connectivity index (χ1) is 7.65. The van der Waals surface area contributed by atoms with Gasteiger partial charge in [0, 0.05) is 18.1 Å². The van der Waals surface area contributed by atoms with Gasteiger partial charge in [0.15, 0.2) is 0 Å². The smallest absolute Gasteiger partial charge is 0.127 e. The molecule has 0 aromatic heterocycles. The minimum Gasteiger partial charge on any atom is -0.488 e. The largest absolute Gasteiger partial charge is 0.488 e. The second kappa shape index (κ2) is 5.04. The molecule has 4 heteroatoms. The van der Waals surface area contributed by atoms with E-state index in [9.17, 15) is 5.11 Å². The summed E-state index contributed by atoms with van der Waals surface area (Å²) in [5, 5.41) is 10.5. The molecule has 2 atom stereocenters. The second-order valence-electron chi connectivity index (χ2n) is 4.23. The fourth-order valence-electron chi connectivity index (χ4n) is 1.92. The fourth-order valence-corrected chi connectivity index (χ4v) is 2.10. The Morgan fingerprint density at radius 1 is 1.50 bits per heavy atom. The van der Waals surface area contributed by atoms with E-state index in [4.69, 9.17) is 16.3 Å². The minimum atomic E-state index is -0.433.